The zero-order chi connectivity index (χ0) is 16.7. The van der Waals surface area contributed by atoms with E-state index in [0.717, 1.165) is 29.8 Å². The van der Waals surface area contributed by atoms with Gasteiger partial charge in [-0.2, -0.15) is 4.68 Å². The molecule has 0 aromatic carbocycles. The van der Waals surface area contributed by atoms with Crippen molar-refractivity contribution in [1.29, 1.82) is 0 Å². The smallest absolute Gasteiger partial charge is 0.352 e. The van der Waals surface area contributed by atoms with E-state index >= 15 is 0 Å². The molecule has 1 saturated carbocycles. The number of carbonyl (C=O) groups excluding carboxylic acids is 1. The summed E-state index contributed by atoms with van der Waals surface area (Å²) >= 11 is 0. The number of rotatable bonds is 4. The van der Waals surface area contributed by atoms with Crippen LogP contribution in [0.5, 0.6) is 0 Å². The lowest BCUT2D eigenvalue weighted by Gasteiger charge is -2.30. The van der Waals surface area contributed by atoms with Crippen molar-refractivity contribution in [2.24, 2.45) is 7.05 Å². The summed E-state index contributed by atoms with van der Waals surface area (Å²) in [5.41, 5.74) is 3.78. The lowest BCUT2D eigenvalue weighted by atomic mass is 10.0. The lowest BCUT2D eigenvalue weighted by Crippen LogP contribution is -2.33. The third-order valence-electron chi connectivity index (χ3n) is 5.06. The molecule has 2 aromatic rings. The van der Waals surface area contributed by atoms with Crippen molar-refractivity contribution < 1.29 is 14.2 Å². The number of hydrogen-bond donors (Lipinski definition) is 1. The maximum atomic E-state index is 12.5. The van der Waals surface area contributed by atoms with Gasteiger partial charge < -0.3 is 9.64 Å². The minimum absolute atomic E-state index is 0.266. The Morgan fingerprint density at radius 3 is 2.79 bits per heavy atom. The zero-order valence-corrected chi connectivity index (χ0v) is 14.5. The number of nitrogens with one attached hydrogen (secondary N) is 1. The summed E-state index contributed by atoms with van der Waals surface area (Å²) in [7, 11) is 1.99. The third kappa shape index (κ3) is 2.54. The first-order valence-corrected chi connectivity index (χ1v) is 9.03. The lowest BCUT2D eigenvalue weighted by molar-refractivity contribution is -0.705. The van der Waals surface area contributed by atoms with Gasteiger partial charge in [0, 0.05) is 19.0 Å². The van der Waals surface area contributed by atoms with Crippen LogP contribution in [0.15, 0.2) is 6.20 Å². The van der Waals surface area contributed by atoms with Crippen molar-refractivity contribution in [3.05, 3.63) is 17.5 Å². The van der Waals surface area contributed by atoms with Gasteiger partial charge in [-0.25, -0.2) is 9.89 Å². The number of piperidine rings is 1. The average molecular weight is 329 g/mol. The number of aromatic amines is 1. The van der Waals surface area contributed by atoms with Crippen LogP contribution in [-0.4, -0.2) is 35.7 Å². The Balaban J connectivity index is 1.93. The number of esters is 1. The molecular formula is C18H25N4O2+. The van der Waals surface area contributed by atoms with E-state index in [2.05, 4.69) is 15.0 Å². The number of aryl methyl sites for hydroxylation is 1. The number of ether oxygens (including phenoxy) is 1. The summed E-state index contributed by atoms with van der Waals surface area (Å²) in [6.45, 7) is 4.21. The summed E-state index contributed by atoms with van der Waals surface area (Å²) in [5.74, 6) is 0.301. The van der Waals surface area contributed by atoms with Crippen molar-refractivity contribution in [2.45, 2.75) is 44.9 Å². The molecule has 1 aliphatic carbocycles. The van der Waals surface area contributed by atoms with Crippen molar-refractivity contribution >= 4 is 22.7 Å². The zero-order valence-electron chi connectivity index (χ0n) is 14.5. The van der Waals surface area contributed by atoms with Gasteiger partial charge in [0.1, 0.15) is 18.0 Å². The Hall–Kier alpha value is -2.11. The molecule has 0 bridgehead atoms. The van der Waals surface area contributed by atoms with E-state index in [0.29, 0.717) is 18.1 Å². The monoisotopic (exact) mass is 329 g/mol. The molecule has 1 saturated heterocycles. The van der Waals surface area contributed by atoms with Crippen molar-refractivity contribution in [3.63, 3.8) is 0 Å². The van der Waals surface area contributed by atoms with Gasteiger partial charge in [-0.1, -0.05) is 0 Å². The number of hydrogen-bond acceptors (Lipinski definition) is 4. The first-order valence-electron chi connectivity index (χ1n) is 9.03. The molecule has 4 rings (SSSR count). The molecule has 2 fully saturated rings. The summed E-state index contributed by atoms with van der Waals surface area (Å²) in [4.78, 5) is 19.5. The van der Waals surface area contributed by atoms with E-state index in [9.17, 15) is 4.79 Å². The number of fused-ring (bicyclic) bond motifs is 1. The first kappa shape index (κ1) is 15.4. The number of aromatic nitrogens is 3. The molecule has 3 heterocycles. The standard InChI is InChI=1S/C18H24N4O2/c1-3-24-18(23)13-11-19-17-14(15(12-7-8-12)20-21(17)2)16(13)22-9-5-4-6-10-22/h11-12H,3-10H2,1-2H3/p+1. The van der Waals surface area contributed by atoms with Gasteiger partial charge in [0.25, 0.3) is 0 Å². The number of nitrogens with zero attached hydrogens (tertiary/aromatic N) is 3. The number of pyridine rings is 1. The van der Waals surface area contributed by atoms with E-state index in [-0.39, 0.29) is 5.97 Å². The normalized spacial score (nSPS) is 18.2. The number of carbonyl (C=O) groups is 1. The van der Waals surface area contributed by atoms with Crippen LogP contribution in [0.25, 0.3) is 11.0 Å². The summed E-state index contributed by atoms with van der Waals surface area (Å²) < 4.78 is 7.29. The highest BCUT2D eigenvalue weighted by Crippen LogP contribution is 2.44. The number of anilines is 1. The molecule has 0 radical (unpaired) electrons. The fourth-order valence-electron chi connectivity index (χ4n) is 3.76. The molecular weight excluding hydrogens is 304 g/mol. The summed E-state index contributed by atoms with van der Waals surface area (Å²) in [5, 5.41) is 4.59. The van der Waals surface area contributed by atoms with Crippen molar-refractivity contribution in [1.82, 2.24) is 10.1 Å². The van der Waals surface area contributed by atoms with Crippen LogP contribution in [0.3, 0.4) is 0 Å². The van der Waals surface area contributed by atoms with Gasteiger partial charge in [-0.15, -0.1) is 0 Å². The molecule has 6 heteroatoms. The molecule has 1 aliphatic heterocycles. The van der Waals surface area contributed by atoms with Crippen LogP contribution < -0.4 is 9.58 Å². The minimum Gasteiger partial charge on any atom is -0.462 e. The van der Waals surface area contributed by atoms with Crippen molar-refractivity contribution in [3.8, 4) is 0 Å². The van der Waals surface area contributed by atoms with E-state index in [1.165, 1.54) is 37.8 Å². The Kier molecular flexibility index (Phi) is 3.90. The SMILES string of the molecule is CCOC(=O)c1cnc2c(c(C3CC3)[nH][n+]2C)c1N1CCCCC1. The second-order valence-electron chi connectivity index (χ2n) is 6.85. The molecule has 1 N–H and O–H groups in total. The molecule has 0 spiro atoms. The molecule has 0 unspecified atom stereocenters. The first-order chi connectivity index (χ1) is 11.7. The molecule has 0 amide bonds. The van der Waals surface area contributed by atoms with Gasteiger partial charge in [0.15, 0.2) is 6.20 Å². The van der Waals surface area contributed by atoms with E-state index < -0.39 is 0 Å². The highest BCUT2D eigenvalue weighted by atomic mass is 16.5. The average Bonchev–Trinajstić information content (AvgIpc) is 3.39. The molecule has 2 aromatic heterocycles. The van der Waals surface area contributed by atoms with Crippen LogP contribution in [-0.2, 0) is 11.8 Å². The van der Waals surface area contributed by atoms with Crippen LogP contribution in [0.4, 0.5) is 5.69 Å². The quantitative estimate of drug-likeness (QED) is 0.691. The number of H-pyrrole nitrogens is 1. The second kappa shape index (κ2) is 6.07. The topological polar surface area (TPSA) is 62.1 Å². The third-order valence-corrected chi connectivity index (χ3v) is 5.06. The molecule has 6 nitrogen and oxygen atoms in total. The summed E-state index contributed by atoms with van der Waals surface area (Å²) in [6.07, 6.45) is 7.70. The van der Waals surface area contributed by atoms with E-state index in [1.54, 1.807) is 6.20 Å². The highest BCUT2D eigenvalue weighted by molar-refractivity contribution is 6.05. The fraction of sp³-hybridized carbons (Fsp3) is 0.611. The van der Waals surface area contributed by atoms with Gasteiger partial charge in [-0.05, 0) is 44.0 Å². The van der Waals surface area contributed by atoms with Crippen LogP contribution in [0.2, 0.25) is 0 Å². The maximum absolute atomic E-state index is 12.5. The Morgan fingerprint density at radius 2 is 2.12 bits per heavy atom. The van der Waals surface area contributed by atoms with Gasteiger partial charge in [-0.3, -0.25) is 0 Å². The van der Waals surface area contributed by atoms with Crippen LogP contribution >= 0.6 is 0 Å². The largest absolute Gasteiger partial charge is 0.462 e. The maximum Gasteiger partial charge on any atom is 0.352 e. The minimum atomic E-state index is -0.266. The molecule has 128 valence electrons. The highest BCUT2D eigenvalue weighted by Gasteiger charge is 2.36. The van der Waals surface area contributed by atoms with Gasteiger partial charge in [0.2, 0.25) is 0 Å². The predicted octanol–water partition coefficient (Wildman–Crippen LogP) is 2.43. The molecule has 24 heavy (non-hydrogen) atoms. The fourth-order valence-corrected chi connectivity index (χ4v) is 3.76. The van der Waals surface area contributed by atoms with Gasteiger partial charge in [0.05, 0.1) is 18.0 Å². The van der Waals surface area contributed by atoms with E-state index in [1.807, 2.05) is 18.7 Å². The Labute approximate surface area is 141 Å². The predicted molar refractivity (Wildman–Crippen MR) is 91.3 cm³/mol. The Bertz CT molecular complexity index is 773. The second-order valence-corrected chi connectivity index (χ2v) is 6.85. The van der Waals surface area contributed by atoms with E-state index in [4.69, 9.17) is 4.74 Å². The van der Waals surface area contributed by atoms with Crippen LogP contribution in [0, 0.1) is 0 Å². The van der Waals surface area contributed by atoms with Crippen molar-refractivity contribution in [2.75, 3.05) is 24.6 Å². The molecule has 2 aliphatic rings. The van der Waals surface area contributed by atoms with Crippen LogP contribution in [0.1, 0.15) is 61.0 Å². The molecule has 0 atom stereocenters. The Morgan fingerprint density at radius 1 is 1.38 bits per heavy atom. The van der Waals surface area contributed by atoms with Gasteiger partial charge >= 0.3 is 11.6 Å². The summed E-state index contributed by atoms with van der Waals surface area (Å²) in [6, 6.07) is 0.